The standard InChI is InChI=1S/C15H22N4O3S/c1-13-6-7-15(22-13)14-5-3-10-19(14)23(20,21)17(2)11-12-18-9-4-8-16-18/h4,6-9,14H,3,5,10-12H2,1-2H3/t14-/m0/s1. The molecule has 0 amide bonds. The van der Waals surface area contributed by atoms with Gasteiger partial charge in [0.05, 0.1) is 12.6 Å². The molecule has 23 heavy (non-hydrogen) atoms. The number of hydrogen-bond donors (Lipinski definition) is 0. The third kappa shape index (κ3) is 3.34. The van der Waals surface area contributed by atoms with Gasteiger partial charge in [-0.1, -0.05) is 0 Å². The van der Waals surface area contributed by atoms with Crippen LogP contribution in [0.2, 0.25) is 0 Å². The Balaban J connectivity index is 1.72. The summed E-state index contributed by atoms with van der Waals surface area (Å²) in [5.74, 6) is 1.53. The Hall–Kier alpha value is -1.64. The molecule has 1 aliphatic rings. The first-order valence-corrected chi connectivity index (χ1v) is 9.15. The summed E-state index contributed by atoms with van der Waals surface area (Å²) in [4.78, 5) is 0. The average molecular weight is 338 g/mol. The quantitative estimate of drug-likeness (QED) is 0.805. The highest BCUT2D eigenvalue weighted by atomic mass is 32.2. The third-order valence-electron chi connectivity index (χ3n) is 4.19. The second-order valence-electron chi connectivity index (χ2n) is 5.82. The molecular formula is C15H22N4O3S. The number of furan rings is 1. The highest BCUT2D eigenvalue weighted by Crippen LogP contribution is 2.35. The Morgan fingerprint density at radius 2 is 2.26 bits per heavy atom. The number of aromatic nitrogens is 2. The smallest absolute Gasteiger partial charge is 0.282 e. The van der Waals surface area contributed by atoms with E-state index in [9.17, 15) is 8.42 Å². The lowest BCUT2D eigenvalue weighted by atomic mass is 10.2. The maximum Gasteiger partial charge on any atom is 0.282 e. The molecule has 0 bridgehead atoms. The first-order chi connectivity index (χ1) is 11.0. The van der Waals surface area contributed by atoms with Gasteiger partial charge in [-0.05, 0) is 38.0 Å². The number of nitrogens with zero attached hydrogens (tertiary/aromatic N) is 4. The minimum atomic E-state index is -3.51. The summed E-state index contributed by atoms with van der Waals surface area (Å²) in [5.41, 5.74) is 0. The molecule has 0 N–H and O–H groups in total. The zero-order valence-electron chi connectivity index (χ0n) is 13.4. The number of likely N-dealkylation sites (N-methyl/N-ethyl adjacent to an activating group) is 1. The van der Waals surface area contributed by atoms with E-state index in [0.29, 0.717) is 19.6 Å². The highest BCUT2D eigenvalue weighted by Gasteiger charge is 2.38. The van der Waals surface area contributed by atoms with E-state index in [0.717, 1.165) is 24.4 Å². The van der Waals surface area contributed by atoms with Crippen LogP contribution in [0.1, 0.15) is 30.4 Å². The van der Waals surface area contributed by atoms with Crippen molar-refractivity contribution in [1.29, 1.82) is 0 Å². The van der Waals surface area contributed by atoms with E-state index in [2.05, 4.69) is 5.10 Å². The van der Waals surface area contributed by atoms with Crippen molar-refractivity contribution in [3.63, 3.8) is 0 Å². The predicted molar refractivity (Wildman–Crippen MR) is 85.9 cm³/mol. The Morgan fingerprint density at radius 1 is 1.43 bits per heavy atom. The minimum Gasteiger partial charge on any atom is -0.465 e. The SMILES string of the molecule is Cc1ccc([C@@H]2CCCN2S(=O)(=O)N(C)CCn2cccn2)o1. The van der Waals surface area contributed by atoms with Gasteiger partial charge in [-0.25, -0.2) is 0 Å². The Kier molecular flexibility index (Phi) is 4.56. The van der Waals surface area contributed by atoms with Gasteiger partial charge in [0.1, 0.15) is 11.5 Å². The summed E-state index contributed by atoms with van der Waals surface area (Å²) in [5, 5.41) is 4.10. The van der Waals surface area contributed by atoms with Crippen LogP contribution in [0, 0.1) is 6.92 Å². The van der Waals surface area contributed by atoms with Crippen LogP contribution in [0.15, 0.2) is 35.0 Å². The molecule has 1 aliphatic heterocycles. The van der Waals surface area contributed by atoms with Crippen molar-refractivity contribution in [2.45, 2.75) is 32.4 Å². The van der Waals surface area contributed by atoms with Crippen molar-refractivity contribution in [3.05, 3.63) is 42.1 Å². The summed E-state index contributed by atoms with van der Waals surface area (Å²) < 4.78 is 36.0. The lowest BCUT2D eigenvalue weighted by molar-refractivity contribution is 0.305. The van der Waals surface area contributed by atoms with Gasteiger partial charge in [-0.15, -0.1) is 0 Å². The van der Waals surface area contributed by atoms with Gasteiger partial charge >= 0.3 is 0 Å². The second-order valence-corrected chi connectivity index (χ2v) is 7.80. The van der Waals surface area contributed by atoms with Crippen molar-refractivity contribution in [2.24, 2.45) is 0 Å². The van der Waals surface area contributed by atoms with Gasteiger partial charge in [0.25, 0.3) is 10.2 Å². The normalized spacial score (nSPS) is 19.7. The van der Waals surface area contributed by atoms with E-state index >= 15 is 0 Å². The van der Waals surface area contributed by atoms with Crippen molar-refractivity contribution >= 4 is 10.2 Å². The lowest BCUT2D eigenvalue weighted by Crippen LogP contribution is -2.42. The van der Waals surface area contributed by atoms with Gasteiger partial charge in [0.15, 0.2) is 0 Å². The van der Waals surface area contributed by atoms with E-state index in [-0.39, 0.29) is 6.04 Å². The van der Waals surface area contributed by atoms with Gasteiger partial charge in [0, 0.05) is 32.5 Å². The van der Waals surface area contributed by atoms with E-state index in [1.807, 2.05) is 31.3 Å². The molecule has 1 atom stereocenters. The van der Waals surface area contributed by atoms with Gasteiger partial charge in [-0.3, -0.25) is 4.68 Å². The molecule has 8 heteroatoms. The van der Waals surface area contributed by atoms with Crippen LogP contribution < -0.4 is 0 Å². The maximum atomic E-state index is 12.9. The van der Waals surface area contributed by atoms with Gasteiger partial charge in [-0.2, -0.15) is 22.1 Å². The fraction of sp³-hybridized carbons (Fsp3) is 0.533. The van der Waals surface area contributed by atoms with Crippen LogP contribution >= 0.6 is 0 Å². The molecular weight excluding hydrogens is 316 g/mol. The molecule has 3 rings (SSSR count). The molecule has 0 spiro atoms. The fourth-order valence-electron chi connectivity index (χ4n) is 2.90. The molecule has 7 nitrogen and oxygen atoms in total. The maximum absolute atomic E-state index is 12.9. The molecule has 0 aromatic carbocycles. The summed E-state index contributed by atoms with van der Waals surface area (Å²) in [6, 6.07) is 5.36. The van der Waals surface area contributed by atoms with Crippen molar-refractivity contribution in [2.75, 3.05) is 20.1 Å². The molecule has 2 aromatic rings. The Labute approximate surface area is 136 Å². The first-order valence-electron chi connectivity index (χ1n) is 7.75. The molecule has 0 aliphatic carbocycles. The molecule has 0 saturated carbocycles. The Morgan fingerprint density at radius 3 is 2.91 bits per heavy atom. The number of hydrogen-bond acceptors (Lipinski definition) is 4. The molecule has 1 saturated heterocycles. The third-order valence-corrected chi connectivity index (χ3v) is 6.19. The molecule has 1 fully saturated rings. The van der Waals surface area contributed by atoms with Crippen LogP contribution in [-0.2, 0) is 16.8 Å². The summed E-state index contributed by atoms with van der Waals surface area (Å²) in [7, 11) is -1.90. The second kappa shape index (κ2) is 6.46. The molecule has 126 valence electrons. The van der Waals surface area contributed by atoms with Crippen LogP contribution in [0.5, 0.6) is 0 Å². The minimum absolute atomic E-state index is 0.208. The summed E-state index contributed by atoms with van der Waals surface area (Å²) >= 11 is 0. The largest absolute Gasteiger partial charge is 0.465 e. The highest BCUT2D eigenvalue weighted by molar-refractivity contribution is 7.86. The van der Waals surface area contributed by atoms with Gasteiger partial charge in [0.2, 0.25) is 0 Å². The zero-order valence-corrected chi connectivity index (χ0v) is 14.2. The van der Waals surface area contributed by atoms with Crippen molar-refractivity contribution in [1.82, 2.24) is 18.4 Å². The van der Waals surface area contributed by atoms with Crippen LogP contribution in [0.3, 0.4) is 0 Å². The van der Waals surface area contributed by atoms with Crippen LogP contribution in [0.4, 0.5) is 0 Å². The summed E-state index contributed by atoms with van der Waals surface area (Å²) in [6.45, 7) is 3.30. The van der Waals surface area contributed by atoms with E-state index in [1.165, 1.54) is 4.31 Å². The van der Waals surface area contributed by atoms with E-state index in [1.54, 1.807) is 22.2 Å². The van der Waals surface area contributed by atoms with Crippen LogP contribution in [-0.4, -0.2) is 46.9 Å². The molecule has 2 aromatic heterocycles. The molecule has 3 heterocycles. The monoisotopic (exact) mass is 338 g/mol. The van der Waals surface area contributed by atoms with Crippen LogP contribution in [0.25, 0.3) is 0 Å². The Bertz CT molecular complexity index is 739. The molecule has 0 unspecified atom stereocenters. The average Bonchev–Trinajstić information content (AvgIpc) is 3.25. The topological polar surface area (TPSA) is 71.6 Å². The van der Waals surface area contributed by atoms with Crippen molar-refractivity contribution in [3.8, 4) is 0 Å². The van der Waals surface area contributed by atoms with Gasteiger partial charge < -0.3 is 4.42 Å². The lowest BCUT2D eigenvalue weighted by Gasteiger charge is -2.27. The number of rotatable bonds is 6. The fourth-order valence-corrected chi connectivity index (χ4v) is 4.46. The zero-order chi connectivity index (χ0) is 16.4. The first kappa shape index (κ1) is 16.2. The van der Waals surface area contributed by atoms with E-state index < -0.39 is 10.2 Å². The van der Waals surface area contributed by atoms with Crippen molar-refractivity contribution < 1.29 is 12.8 Å². The number of aryl methyl sites for hydroxylation is 1. The predicted octanol–water partition coefficient (Wildman–Crippen LogP) is 1.80. The van der Waals surface area contributed by atoms with E-state index in [4.69, 9.17) is 4.42 Å². The molecule has 0 radical (unpaired) electrons. The summed E-state index contributed by atoms with van der Waals surface area (Å²) in [6.07, 6.45) is 5.14.